The molecule has 0 unspecified atom stereocenters. The highest BCUT2D eigenvalue weighted by Gasteiger charge is 2.17. The fraction of sp³-hybridized carbons (Fsp3) is 0.333. The molecule has 2 aromatic carbocycles. The number of benzene rings is 2. The van der Waals surface area contributed by atoms with Crippen molar-refractivity contribution >= 4 is 44.4 Å². The Hall–Kier alpha value is -2.36. The second kappa shape index (κ2) is 8.79. The van der Waals surface area contributed by atoms with E-state index in [-0.39, 0.29) is 16.6 Å². The van der Waals surface area contributed by atoms with Gasteiger partial charge in [-0.3, -0.25) is 4.79 Å². The standard InChI is InChI=1S/C21H26N4O3S2/c1-5-25-18-10-9-15(30(22,27)28)11-17(18)23-21(25)29-12-19(26)24-20-14(4)7-6-8-16(20)13(2)3/h6-11,13H,5,12H2,1-4H3,(H,24,26)(H2,22,27,28). The van der Waals surface area contributed by atoms with E-state index in [9.17, 15) is 13.2 Å². The third kappa shape index (κ3) is 4.69. The number of carbonyl (C=O) groups excluding carboxylic acids is 1. The van der Waals surface area contributed by atoms with Crippen LogP contribution in [0, 0.1) is 6.92 Å². The number of hydrogen-bond donors (Lipinski definition) is 2. The van der Waals surface area contributed by atoms with Crippen molar-refractivity contribution in [1.29, 1.82) is 0 Å². The lowest BCUT2D eigenvalue weighted by atomic mass is 9.98. The zero-order chi connectivity index (χ0) is 22.1. The zero-order valence-electron chi connectivity index (χ0n) is 17.5. The van der Waals surface area contributed by atoms with Crippen LogP contribution in [0.2, 0.25) is 0 Å². The average Bonchev–Trinajstić information content (AvgIpc) is 3.03. The van der Waals surface area contributed by atoms with Crippen molar-refractivity contribution in [3.63, 3.8) is 0 Å². The van der Waals surface area contributed by atoms with E-state index in [1.54, 1.807) is 6.07 Å². The SMILES string of the molecule is CCn1c(SCC(=O)Nc2c(C)cccc2C(C)C)nc2cc(S(N)(=O)=O)ccc21. The summed E-state index contributed by atoms with van der Waals surface area (Å²) in [5, 5.41) is 8.92. The van der Waals surface area contributed by atoms with Crippen LogP contribution >= 0.6 is 11.8 Å². The molecule has 1 aromatic heterocycles. The summed E-state index contributed by atoms with van der Waals surface area (Å²) in [6, 6.07) is 10.6. The fourth-order valence-electron chi connectivity index (χ4n) is 3.33. The number of nitrogens with two attached hydrogens (primary N) is 1. The van der Waals surface area contributed by atoms with Crippen molar-refractivity contribution in [2.75, 3.05) is 11.1 Å². The van der Waals surface area contributed by atoms with Gasteiger partial charge in [-0.15, -0.1) is 0 Å². The molecule has 3 N–H and O–H groups in total. The Balaban J connectivity index is 1.81. The van der Waals surface area contributed by atoms with Gasteiger partial charge in [-0.05, 0) is 49.1 Å². The van der Waals surface area contributed by atoms with E-state index >= 15 is 0 Å². The van der Waals surface area contributed by atoms with Crippen LogP contribution in [0.3, 0.4) is 0 Å². The highest BCUT2D eigenvalue weighted by Crippen LogP contribution is 2.29. The number of aryl methyl sites for hydroxylation is 2. The summed E-state index contributed by atoms with van der Waals surface area (Å²) in [4.78, 5) is 17.2. The number of imidazole rings is 1. The monoisotopic (exact) mass is 446 g/mol. The van der Waals surface area contributed by atoms with E-state index in [0.29, 0.717) is 23.1 Å². The van der Waals surface area contributed by atoms with Gasteiger partial charge in [0.2, 0.25) is 15.9 Å². The van der Waals surface area contributed by atoms with Crippen molar-refractivity contribution in [1.82, 2.24) is 9.55 Å². The normalized spacial score (nSPS) is 11.9. The first-order chi connectivity index (χ1) is 14.1. The minimum absolute atomic E-state index is 0.0193. The summed E-state index contributed by atoms with van der Waals surface area (Å²) >= 11 is 1.32. The maximum atomic E-state index is 12.6. The highest BCUT2D eigenvalue weighted by atomic mass is 32.2. The number of primary sulfonamides is 1. The molecular formula is C21H26N4O3S2. The number of thioether (sulfide) groups is 1. The molecule has 7 nitrogen and oxygen atoms in total. The Bertz CT molecular complexity index is 1200. The quantitative estimate of drug-likeness (QED) is 0.536. The molecule has 0 spiro atoms. The summed E-state index contributed by atoms with van der Waals surface area (Å²) in [6.07, 6.45) is 0. The number of nitrogens with zero attached hydrogens (tertiary/aromatic N) is 2. The van der Waals surface area contributed by atoms with Gasteiger partial charge in [0.1, 0.15) is 0 Å². The van der Waals surface area contributed by atoms with Crippen LogP contribution < -0.4 is 10.5 Å². The first-order valence-electron chi connectivity index (χ1n) is 9.67. The smallest absolute Gasteiger partial charge is 0.238 e. The van der Waals surface area contributed by atoms with Crippen LogP contribution in [-0.4, -0.2) is 29.6 Å². The van der Waals surface area contributed by atoms with Gasteiger partial charge in [-0.2, -0.15) is 0 Å². The largest absolute Gasteiger partial charge is 0.325 e. The lowest BCUT2D eigenvalue weighted by Gasteiger charge is -2.16. The number of fused-ring (bicyclic) bond motifs is 1. The average molecular weight is 447 g/mol. The molecule has 0 atom stereocenters. The number of aromatic nitrogens is 2. The van der Waals surface area contributed by atoms with Crippen LogP contribution in [0.25, 0.3) is 11.0 Å². The van der Waals surface area contributed by atoms with Crippen molar-refractivity contribution in [3.8, 4) is 0 Å². The number of sulfonamides is 1. The second-order valence-corrected chi connectivity index (χ2v) is 9.87. The van der Waals surface area contributed by atoms with Gasteiger partial charge in [0.25, 0.3) is 0 Å². The lowest BCUT2D eigenvalue weighted by molar-refractivity contribution is -0.113. The maximum absolute atomic E-state index is 12.6. The topological polar surface area (TPSA) is 107 Å². The summed E-state index contributed by atoms with van der Waals surface area (Å²) in [6.45, 7) is 8.79. The Labute approximate surface area is 181 Å². The summed E-state index contributed by atoms with van der Waals surface area (Å²) in [5.41, 5.74) is 4.32. The molecule has 0 aliphatic rings. The number of para-hydroxylation sites is 1. The van der Waals surface area contributed by atoms with E-state index < -0.39 is 10.0 Å². The van der Waals surface area contributed by atoms with Crippen LogP contribution in [0.5, 0.6) is 0 Å². The minimum atomic E-state index is -3.80. The third-order valence-corrected chi connectivity index (χ3v) is 6.74. The Morgan fingerprint density at radius 2 is 2.00 bits per heavy atom. The predicted molar refractivity (Wildman–Crippen MR) is 121 cm³/mol. The highest BCUT2D eigenvalue weighted by molar-refractivity contribution is 7.99. The van der Waals surface area contributed by atoms with E-state index in [4.69, 9.17) is 5.14 Å². The molecule has 160 valence electrons. The van der Waals surface area contributed by atoms with Crippen molar-refractivity contribution in [2.45, 2.75) is 50.2 Å². The minimum Gasteiger partial charge on any atom is -0.325 e. The van der Waals surface area contributed by atoms with Crippen molar-refractivity contribution in [3.05, 3.63) is 47.5 Å². The van der Waals surface area contributed by atoms with Gasteiger partial charge in [0, 0.05) is 12.2 Å². The molecule has 1 heterocycles. The molecule has 0 radical (unpaired) electrons. The van der Waals surface area contributed by atoms with E-state index in [1.807, 2.05) is 36.6 Å². The predicted octanol–water partition coefficient (Wildman–Crippen LogP) is 3.87. The fourth-order valence-corrected chi connectivity index (χ4v) is 4.74. The molecule has 0 bridgehead atoms. The molecule has 30 heavy (non-hydrogen) atoms. The van der Waals surface area contributed by atoms with Gasteiger partial charge in [0.05, 0.1) is 21.7 Å². The second-order valence-electron chi connectivity index (χ2n) is 7.36. The van der Waals surface area contributed by atoms with Crippen LogP contribution in [0.1, 0.15) is 37.8 Å². The Morgan fingerprint density at radius 1 is 1.27 bits per heavy atom. The summed E-state index contributed by atoms with van der Waals surface area (Å²) in [5.74, 6) is 0.373. The number of hydrogen-bond acceptors (Lipinski definition) is 5. The van der Waals surface area contributed by atoms with Gasteiger partial charge >= 0.3 is 0 Å². The van der Waals surface area contributed by atoms with Gasteiger partial charge in [0.15, 0.2) is 5.16 Å². The number of carbonyl (C=O) groups is 1. The first kappa shape index (κ1) is 22.3. The molecule has 9 heteroatoms. The molecular weight excluding hydrogens is 420 g/mol. The number of rotatable bonds is 7. The van der Waals surface area contributed by atoms with Crippen LogP contribution in [0.15, 0.2) is 46.5 Å². The zero-order valence-corrected chi connectivity index (χ0v) is 19.1. The van der Waals surface area contributed by atoms with Crippen molar-refractivity contribution in [2.24, 2.45) is 5.14 Å². The summed E-state index contributed by atoms with van der Waals surface area (Å²) < 4.78 is 25.2. The van der Waals surface area contributed by atoms with Crippen LogP contribution in [0.4, 0.5) is 5.69 Å². The van der Waals surface area contributed by atoms with Crippen LogP contribution in [-0.2, 0) is 21.4 Å². The van der Waals surface area contributed by atoms with E-state index in [1.165, 1.54) is 23.9 Å². The molecule has 0 saturated heterocycles. The number of nitrogens with one attached hydrogen (secondary N) is 1. The van der Waals surface area contributed by atoms with E-state index in [0.717, 1.165) is 22.3 Å². The Morgan fingerprint density at radius 3 is 2.63 bits per heavy atom. The van der Waals surface area contributed by atoms with Crippen molar-refractivity contribution < 1.29 is 13.2 Å². The van der Waals surface area contributed by atoms with Gasteiger partial charge in [-0.25, -0.2) is 18.5 Å². The first-order valence-corrected chi connectivity index (χ1v) is 12.2. The molecule has 1 amide bonds. The number of anilines is 1. The van der Waals surface area contributed by atoms with E-state index in [2.05, 4.69) is 24.1 Å². The molecule has 0 aliphatic heterocycles. The third-order valence-electron chi connectivity index (χ3n) is 4.85. The maximum Gasteiger partial charge on any atom is 0.238 e. The molecule has 3 rings (SSSR count). The van der Waals surface area contributed by atoms with Gasteiger partial charge < -0.3 is 9.88 Å². The number of amides is 1. The molecule has 0 fully saturated rings. The van der Waals surface area contributed by atoms with Gasteiger partial charge in [-0.1, -0.05) is 43.8 Å². The summed E-state index contributed by atoms with van der Waals surface area (Å²) in [7, 11) is -3.80. The Kier molecular flexibility index (Phi) is 6.54. The molecule has 3 aromatic rings. The molecule has 0 saturated carbocycles. The lowest BCUT2D eigenvalue weighted by Crippen LogP contribution is -2.17. The molecule has 0 aliphatic carbocycles.